The van der Waals surface area contributed by atoms with Gasteiger partial charge in [0.1, 0.15) is 5.69 Å². The van der Waals surface area contributed by atoms with Crippen LogP contribution >= 0.6 is 0 Å². The largest absolute Gasteiger partial charge is 0.312 e. The fraction of sp³-hybridized carbons (Fsp3) is 0.333. The van der Waals surface area contributed by atoms with Crippen molar-refractivity contribution >= 4 is 0 Å². The number of aromatic nitrogens is 3. The first-order valence-corrected chi connectivity index (χ1v) is 5.59. The Labute approximate surface area is 104 Å². The molecule has 4 nitrogen and oxygen atoms in total. The molecule has 0 spiro atoms. The number of hydrogen-bond acceptors (Lipinski definition) is 3. The molecule has 0 radical (unpaired) electrons. The second-order valence-corrected chi connectivity index (χ2v) is 4.08. The van der Waals surface area contributed by atoms with Gasteiger partial charge in [-0.15, -0.1) is 5.10 Å². The monoisotopic (exact) mass is 252 g/mol. The third-order valence-corrected chi connectivity index (χ3v) is 2.92. The van der Waals surface area contributed by atoms with Gasteiger partial charge in [-0.1, -0.05) is 5.21 Å². The molecule has 0 bridgehead atoms. The van der Waals surface area contributed by atoms with Crippen LogP contribution in [0.3, 0.4) is 0 Å². The van der Waals surface area contributed by atoms with Crippen LogP contribution in [0.15, 0.2) is 18.2 Å². The van der Waals surface area contributed by atoms with E-state index in [1.807, 2.05) is 20.9 Å². The Morgan fingerprint density at radius 1 is 1.28 bits per heavy atom. The van der Waals surface area contributed by atoms with E-state index in [4.69, 9.17) is 0 Å². The molecule has 6 heteroatoms. The molecule has 1 aromatic heterocycles. The minimum Gasteiger partial charge on any atom is -0.312 e. The van der Waals surface area contributed by atoms with E-state index < -0.39 is 11.6 Å². The maximum atomic E-state index is 13.2. The maximum absolute atomic E-state index is 13.2. The smallest absolute Gasteiger partial charge is 0.160 e. The lowest BCUT2D eigenvalue weighted by Gasteiger charge is -2.08. The van der Waals surface area contributed by atoms with Gasteiger partial charge in [-0.05, 0) is 33.0 Å². The van der Waals surface area contributed by atoms with Crippen LogP contribution < -0.4 is 5.32 Å². The summed E-state index contributed by atoms with van der Waals surface area (Å²) in [4.78, 5) is 0. The second kappa shape index (κ2) is 4.81. The van der Waals surface area contributed by atoms with E-state index in [0.29, 0.717) is 5.69 Å². The summed E-state index contributed by atoms with van der Waals surface area (Å²) in [6.45, 7) is 3.79. The average molecular weight is 252 g/mol. The summed E-state index contributed by atoms with van der Waals surface area (Å²) in [6.07, 6.45) is 0. The van der Waals surface area contributed by atoms with Crippen LogP contribution in [0.2, 0.25) is 0 Å². The molecule has 0 saturated heterocycles. The van der Waals surface area contributed by atoms with E-state index in [0.717, 1.165) is 23.5 Å². The summed E-state index contributed by atoms with van der Waals surface area (Å²) < 4.78 is 27.5. The zero-order chi connectivity index (χ0) is 13.3. The number of nitrogens with one attached hydrogen (secondary N) is 1. The van der Waals surface area contributed by atoms with Crippen LogP contribution in [-0.4, -0.2) is 22.0 Å². The van der Waals surface area contributed by atoms with Crippen LogP contribution in [0.5, 0.6) is 0 Å². The van der Waals surface area contributed by atoms with Crippen molar-refractivity contribution in [1.29, 1.82) is 0 Å². The van der Waals surface area contributed by atoms with Crippen molar-refractivity contribution in [2.24, 2.45) is 0 Å². The second-order valence-electron chi connectivity index (χ2n) is 4.08. The van der Waals surface area contributed by atoms with Gasteiger partial charge in [0.2, 0.25) is 0 Å². The molecule has 2 rings (SSSR count). The molecule has 1 aromatic carbocycles. The van der Waals surface area contributed by atoms with Crippen molar-refractivity contribution in [2.45, 2.75) is 19.9 Å². The molecule has 96 valence electrons. The molecule has 0 amide bonds. The van der Waals surface area contributed by atoms with Gasteiger partial charge >= 0.3 is 0 Å². The zero-order valence-electron chi connectivity index (χ0n) is 10.4. The van der Waals surface area contributed by atoms with Gasteiger partial charge in [-0.25, -0.2) is 13.5 Å². The first-order chi connectivity index (χ1) is 8.54. The highest BCUT2D eigenvalue weighted by molar-refractivity contribution is 5.34. The highest BCUT2D eigenvalue weighted by Crippen LogP contribution is 2.18. The summed E-state index contributed by atoms with van der Waals surface area (Å²) in [5.41, 5.74) is 2.03. The summed E-state index contributed by atoms with van der Waals surface area (Å²) in [5, 5.41) is 11.1. The van der Waals surface area contributed by atoms with Gasteiger partial charge < -0.3 is 5.32 Å². The van der Waals surface area contributed by atoms with Crippen LogP contribution in [0.4, 0.5) is 8.78 Å². The molecule has 2 aromatic rings. The maximum Gasteiger partial charge on any atom is 0.160 e. The molecule has 0 saturated carbocycles. The molecule has 0 aliphatic heterocycles. The Hall–Kier alpha value is -1.82. The molecule has 0 aliphatic rings. The SMILES string of the molecule is CNC(C)c1nnn(-c2ccc(F)c(F)c2)c1C. The topological polar surface area (TPSA) is 42.7 Å². The molecule has 1 unspecified atom stereocenters. The van der Waals surface area contributed by atoms with E-state index >= 15 is 0 Å². The highest BCUT2D eigenvalue weighted by Gasteiger charge is 2.15. The predicted molar refractivity (Wildman–Crippen MR) is 63.5 cm³/mol. The van der Waals surface area contributed by atoms with Crippen molar-refractivity contribution in [1.82, 2.24) is 20.3 Å². The van der Waals surface area contributed by atoms with Crippen molar-refractivity contribution < 1.29 is 8.78 Å². The zero-order valence-corrected chi connectivity index (χ0v) is 10.4. The predicted octanol–water partition coefficient (Wildman–Crippen LogP) is 2.13. The van der Waals surface area contributed by atoms with Crippen molar-refractivity contribution in [3.8, 4) is 5.69 Å². The Morgan fingerprint density at radius 2 is 2.00 bits per heavy atom. The van der Waals surface area contributed by atoms with E-state index in [2.05, 4.69) is 15.6 Å². The van der Waals surface area contributed by atoms with Gasteiger partial charge in [0.25, 0.3) is 0 Å². The van der Waals surface area contributed by atoms with Crippen molar-refractivity contribution in [2.75, 3.05) is 7.05 Å². The number of rotatable bonds is 3. The van der Waals surface area contributed by atoms with Gasteiger partial charge in [0.15, 0.2) is 11.6 Å². The lowest BCUT2D eigenvalue weighted by atomic mass is 10.2. The van der Waals surface area contributed by atoms with E-state index in [9.17, 15) is 8.78 Å². The van der Waals surface area contributed by atoms with Crippen molar-refractivity contribution in [3.05, 3.63) is 41.2 Å². The summed E-state index contributed by atoms with van der Waals surface area (Å²) >= 11 is 0. The van der Waals surface area contributed by atoms with Crippen LogP contribution in [-0.2, 0) is 0 Å². The third kappa shape index (κ3) is 2.11. The molecule has 18 heavy (non-hydrogen) atoms. The number of halogens is 2. The Balaban J connectivity index is 2.45. The highest BCUT2D eigenvalue weighted by atomic mass is 19.2. The number of nitrogens with zero attached hydrogens (tertiary/aromatic N) is 3. The molecular formula is C12H14F2N4. The van der Waals surface area contributed by atoms with Crippen LogP contribution in [0, 0.1) is 18.6 Å². The summed E-state index contributed by atoms with van der Waals surface area (Å²) in [7, 11) is 1.82. The van der Waals surface area contributed by atoms with E-state index in [-0.39, 0.29) is 6.04 Å². The minimum absolute atomic E-state index is 0.0454. The quantitative estimate of drug-likeness (QED) is 0.910. The molecular weight excluding hydrogens is 238 g/mol. The summed E-state index contributed by atoms with van der Waals surface area (Å²) in [5.74, 6) is -1.77. The Bertz CT molecular complexity index is 565. The lowest BCUT2D eigenvalue weighted by molar-refractivity contribution is 0.507. The first-order valence-electron chi connectivity index (χ1n) is 5.59. The van der Waals surface area contributed by atoms with E-state index in [1.165, 1.54) is 10.7 Å². The van der Waals surface area contributed by atoms with Crippen LogP contribution in [0.1, 0.15) is 24.4 Å². The molecule has 1 atom stereocenters. The van der Waals surface area contributed by atoms with Gasteiger partial charge in [-0.2, -0.15) is 0 Å². The number of benzene rings is 1. The average Bonchev–Trinajstić information content (AvgIpc) is 2.74. The first kappa shape index (κ1) is 12.6. The minimum atomic E-state index is -0.898. The molecule has 0 fully saturated rings. The molecule has 1 N–H and O–H groups in total. The molecule has 1 heterocycles. The van der Waals surface area contributed by atoms with Gasteiger partial charge in [-0.3, -0.25) is 0 Å². The Kier molecular flexibility index (Phi) is 3.38. The fourth-order valence-corrected chi connectivity index (χ4v) is 1.74. The number of hydrogen-bond donors (Lipinski definition) is 1. The normalized spacial score (nSPS) is 12.7. The Morgan fingerprint density at radius 3 is 2.61 bits per heavy atom. The van der Waals surface area contributed by atoms with E-state index in [1.54, 1.807) is 0 Å². The fourth-order valence-electron chi connectivity index (χ4n) is 1.74. The lowest BCUT2D eigenvalue weighted by Crippen LogP contribution is -2.14. The van der Waals surface area contributed by atoms with Gasteiger partial charge in [0.05, 0.1) is 17.4 Å². The third-order valence-electron chi connectivity index (χ3n) is 2.92. The van der Waals surface area contributed by atoms with Gasteiger partial charge in [0, 0.05) is 6.07 Å². The van der Waals surface area contributed by atoms with Crippen LogP contribution in [0.25, 0.3) is 5.69 Å². The standard InChI is InChI=1S/C12H14F2N4/c1-7(15-3)12-8(2)18(17-16-12)9-4-5-10(13)11(14)6-9/h4-7,15H,1-3H3. The molecule has 0 aliphatic carbocycles. The summed E-state index contributed by atoms with van der Waals surface area (Å²) in [6, 6.07) is 3.69. The van der Waals surface area contributed by atoms with Crippen molar-refractivity contribution in [3.63, 3.8) is 0 Å².